The van der Waals surface area contributed by atoms with Gasteiger partial charge >= 0.3 is 0 Å². The van der Waals surface area contributed by atoms with E-state index in [1.54, 1.807) is 0 Å². The quantitative estimate of drug-likeness (QED) is 0.658. The molecule has 0 aliphatic rings. The van der Waals surface area contributed by atoms with E-state index in [1.165, 1.54) is 11.6 Å². The van der Waals surface area contributed by atoms with Crippen molar-refractivity contribution in [1.82, 2.24) is 5.16 Å². The van der Waals surface area contributed by atoms with E-state index in [2.05, 4.69) is 17.3 Å². The fourth-order valence-electron chi connectivity index (χ4n) is 2.72. The third-order valence-corrected chi connectivity index (χ3v) is 3.77. The molecule has 0 radical (unpaired) electrons. The molecule has 3 rings (SSSR count). The number of aromatic hydroxyl groups is 1. The highest BCUT2D eigenvalue weighted by Crippen LogP contribution is 2.26. The Kier molecular flexibility index (Phi) is 5.46. The number of ether oxygens (including phenoxy) is 2. The zero-order valence-corrected chi connectivity index (χ0v) is 15.2. The largest absolute Gasteiger partial charge is 0.491 e. The second kappa shape index (κ2) is 7.95. The van der Waals surface area contributed by atoms with Gasteiger partial charge in [-0.25, -0.2) is 0 Å². The monoisotopic (exact) mass is 353 g/mol. The normalized spacial score (nSPS) is 12.2. The van der Waals surface area contributed by atoms with Crippen molar-refractivity contribution >= 4 is 0 Å². The molecule has 5 heteroatoms. The van der Waals surface area contributed by atoms with Crippen molar-refractivity contribution < 1.29 is 19.1 Å². The van der Waals surface area contributed by atoms with Gasteiger partial charge in [0.15, 0.2) is 5.76 Å². The summed E-state index contributed by atoms with van der Waals surface area (Å²) in [4.78, 5) is 0. The molecule has 0 amide bonds. The van der Waals surface area contributed by atoms with Gasteiger partial charge in [0.1, 0.15) is 11.5 Å². The Labute approximate surface area is 153 Å². The molecule has 26 heavy (non-hydrogen) atoms. The lowest BCUT2D eigenvalue weighted by Gasteiger charge is -2.16. The van der Waals surface area contributed by atoms with Crippen molar-refractivity contribution in [2.75, 3.05) is 0 Å². The molecule has 1 atom stereocenters. The maximum atomic E-state index is 9.26. The molecule has 0 fully saturated rings. The maximum Gasteiger partial charge on any atom is 0.252 e. The van der Waals surface area contributed by atoms with Crippen LogP contribution in [0.5, 0.6) is 17.4 Å². The van der Waals surface area contributed by atoms with Crippen molar-refractivity contribution in [2.24, 2.45) is 0 Å². The van der Waals surface area contributed by atoms with E-state index in [-0.39, 0.29) is 18.1 Å². The van der Waals surface area contributed by atoms with E-state index in [1.807, 2.05) is 57.2 Å². The summed E-state index contributed by atoms with van der Waals surface area (Å²) in [7, 11) is 0. The number of rotatable bonds is 7. The summed E-state index contributed by atoms with van der Waals surface area (Å²) in [6.45, 7) is 6.07. The Morgan fingerprint density at radius 3 is 2.38 bits per heavy atom. The van der Waals surface area contributed by atoms with Crippen LogP contribution in [0, 0.1) is 0 Å². The fourth-order valence-corrected chi connectivity index (χ4v) is 2.72. The Morgan fingerprint density at radius 1 is 0.962 bits per heavy atom. The minimum absolute atomic E-state index is 0.0180. The zero-order valence-electron chi connectivity index (χ0n) is 15.2. The van der Waals surface area contributed by atoms with Gasteiger partial charge in [0.25, 0.3) is 5.88 Å². The first kappa shape index (κ1) is 17.9. The lowest BCUT2D eigenvalue weighted by molar-refractivity contribution is 0.221. The first-order valence-electron chi connectivity index (χ1n) is 8.68. The average Bonchev–Trinajstić information content (AvgIpc) is 3.01. The lowest BCUT2D eigenvalue weighted by Crippen LogP contribution is -2.15. The first-order chi connectivity index (χ1) is 12.5. The highest BCUT2D eigenvalue weighted by atomic mass is 16.5. The Balaban J connectivity index is 1.60. The molecule has 1 aromatic heterocycles. The molecule has 2 aromatic carbocycles. The van der Waals surface area contributed by atoms with E-state index >= 15 is 0 Å². The number of aromatic nitrogens is 1. The predicted molar refractivity (Wildman–Crippen MR) is 99.6 cm³/mol. The molecule has 0 saturated carbocycles. The summed E-state index contributed by atoms with van der Waals surface area (Å²) >= 11 is 0. The fraction of sp³-hybridized carbons (Fsp3) is 0.286. The Morgan fingerprint density at radius 2 is 1.73 bits per heavy atom. The van der Waals surface area contributed by atoms with Gasteiger partial charge in [-0.3, -0.25) is 0 Å². The summed E-state index contributed by atoms with van der Waals surface area (Å²) < 4.78 is 16.8. The van der Waals surface area contributed by atoms with Crippen molar-refractivity contribution in [1.29, 1.82) is 0 Å². The zero-order chi connectivity index (χ0) is 18.5. The van der Waals surface area contributed by atoms with Crippen LogP contribution in [0.2, 0.25) is 0 Å². The van der Waals surface area contributed by atoms with E-state index in [4.69, 9.17) is 14.0 Å². The second-order valence-electron chi connectivity index (χ2n) is 6.52. The van der Waals surface area contributed by atoms with Crippen LogP contribution in [-0.4, -0.2) is 22.5 Å². The molecular formula is C21H23NO4. The molecule has 136 valence electrons. The summed E-state index contributed by atoms with van der Waals surface area (Å²) in [6, 6.07) is 17.1. The second-order valence-corrected chi connectivity index (χ2v) is 6.52. The summed E-state index contributed by atoms with van der Waals surface area (Å²) in [5.74, 6) is 2.05. The summed E-state index contributed by atoms with van der Waals surface area (Å²) in [5.41, 5.74) is 2.00. The minimum Gasteiger partial charge on any atom is -0.491 e. The van der Waals surface area contributed by atoms with Crippen LogP contribution < -0.4 is 9.47 Å². The molecule has 0 bridgehead atoms. The number of hydrogen-bond acceptors (Lipinski definition) is 5. The smallest absolute Gasteiger partial charge is 0.252 e. The van der Waals surface area contributed by atoms with Crippen LogP contribution in [0.3, 0.4) is 0 Å². The van der Waals surface area contributed by atoms with Crippen molar-refractivity contribution in [3.63, 3.8) is 0 Å². The molecule has 3 aromatic rings. The number of nitrogens with zero attached hydrogens (tertiary/aromatic N) is 1. The number of hydrogen-bond donors (Lipinski definition) is 1. The highest BCUT2D eigenvalue weighted by molar-refractivity contribution is 5.58. The van der Waals surface area contributed by atoms with Crippen molar-refractivity contribution in [3.05, 3.63) is 60.2 Å². The Hall–Kier alpha value is -2.95. The molecule has 0 unspecified atom stereocenters. The van der Waals surface area contributed by atoms with E-state index < -0.39 is 0 Å². The molecular weight excluding hydrogens is 330 g/mol. The van der Waals surface area contributed by atoms with Crippen LogP contribution in [0.4, 0.5) is 0 Å². The average molecular weight is 353 g/mol. The number of benzene rings is 2. The lowest BCUT2D eigenvalue weighted by atomic mass is 10.1. The molecule has 0 spiro atoms. The molecule has 5 nitrogen and oxygen atoms in total. The molecule has 1 heterocycles. The summed E-state index contributed by atoms with van der Waals surface area (Å²) in [6.07, 6.45) is 0.959. The maximum absolute atomic E-state index is 9.26. The van der Waals surface area contributed by atoms with Gasteiger partial charge in [-0.1, -0.05) is 12.1 Å². The molecule has 0 aliphatic heterocycles. The Bertz CT molecular complexity index is 839. The third kappa shape index (κ3) is 4.79. The predicted octanol–water partition coefficient (Wildman–Crippen LogP) is 4.84. The van der Waals surface area contributed by atoms with Gasteiger partial charge < -0.3 is 19.1 Å². The van der Waals surface area contributed by atoms with Crippen LogP contribution >= 0.6 is 0 Å². The molecule has 0 saturated heterocycles. The van der Waals surface area contributed by atoms with E-state index in [0.29, 0.717) is 5.76 Å². The van der Waals surface area contributed by atoms with Crippen LogP contribution in [0.25, 0.3) is 11.3 Å². The van der Waals surface area contributed by atoms with Gasteiger partial charge in [0, 0.05) is 18.1 Å². The van der Waals surface area contributed by atoms with Gasteiger partial charge in [-0.2, -0.15) is 0 Å². The van der Waals surface area contributed by atoms with Gasteiger partial charge in [-0.05, 0) is 67.9 Å². The highest BCUT2D eigenvalue weighted by Gasteiger charge is 2.09. The van der Waals surface area contributed by atoms with Gasteiger partial charge in [0.05, 0.1) is 12.2 Å². The van der Waals surface area contributed by atoms with E-state index in [0.717, 1.165) is 23.5 Å². The van der Waals surface area contributed by atoms with Crippen molar-refractivity contribution in [2.45, 2.75) is 39.4 Å². The summed E-state index contributed by atoms with van der Waals surface area (Å²) in [5, 5.41) is 12.7. The molecule has 1 N–H and O–H groups in total. The first-order valence-corrected chi connectivity index (χ1v) is 8.68. The molecule has 0 aliphatic carbocycles. The van der Waals surface area contributed by atoms with Crippen molar-refractivity contribution in [3.8, 4) is 28.7 Å². The van der Waals surface area contributed by atoms with Gasteiger partial charge in [-0.15, -0.1) is 0 Å². The minimum atomic E-state index is -0.127. The van der Waals surface area contributed by atoms with E-state index in [9.17, 15) is 5.11 Å². The topological polar surface area (TPSA) is 64.7 Å². The van der Waals surface area contributed by atoms with Crippen LogP contribution in [0.1, 0.15) is 26.3 Å². The standard InChI is InChI=1S/C21H23NO4/c1-14(2)24-19-6-4-5-16(12-19)11-15(3)25-18-9-7-17(8-10-18)20-13-21(23)22-26-20/h4-10,12-15H,11H2,1-3H3,(H,22,23)/t15-/m1/s1. The third-order valence-electron chi connectivity index (χ3n) is 3.77. The van der Waals surface area contributed by atoms with Crippen LogP contribution in [0.15, 0.2) is 59.1 Å². The van der Waals surface area contributed by atoms with Crippen LogP contribution in [-0.2, 0) is 6.42 Å². The SMILES string of the molecule is CC(C)Oc1cccc(C[C@@H](C)Oc2ccc(-c3cc(O)no3)cc2)c1. The van der Waals surface area contributed by atoms with Gasteiger partial charge in [0.2, 0.25) is 0 Å².